The van der Waals surface area contributed by atoms with Crippen molar-refractivity contribution in [2.45, 2.75) is 12.6 Å². The molecule has 0 bridgehead atoms. The lowest BCUT2D eigenvalue weighted by Crippen LogP contribution is -2.19. The Morgan fingerprint density at radius 2 is 2.00 bits per heavy atom. The summed E-state index contributed by atoms with van der Waals surface area (Å²) >= 11 is 2.66. The highest BCUT2D eigenvalue weighted by Gasteiger charge is 2.41. The maximum atomic E-state index is 12.7. The van der Waals surface area contributed by atoms with Gasteiger partial charge in [-0.3, -0.25) is 0 Å². The topological polar surface area (TPSA) is 39.2 Å². The third-order valence-electron chi connectivity index (χ3n) is 1.91. The van der Waals surface area contributed by atoms with Gasteiger partial charge in [-0.05, 0) is 22.0 Å². The molecule has 1 heterocycles. The zero-order chi connectivity index (χ0) is 14.1. The number of hydrogen-bond acceptors (Lipinski definition) is 3. The summed E-state index contributed by atoms with van der Waals surface area (Å²) < 4.78 is 67.0. The fourth-order valence-electron chi connectivity index (χ4n) is 1.26. The summed E-state index contributed by atoms with van der Waals surface area (Å²) in [4.78, 5) is 14.2. The predicted molar refractivity (Wildman–Crippen MR) is 53.2 cm³/mol. The van der Waals surface area contributed by atoms with Crippen LogP contribution in [0.15, 0.2) is 10.7 Å². The minimum absolute atomic E-state index is 0.314. The molecule has 0 saturated carbocycles. The number of nitrogens with zero attached hydrogens (tertiary/aromatic N) is 1. The van der Waals surface area contributed by atoms with Crippen molar-refractivity contribution < 1.29 is 31.5 Å². The Bertz CT molecular complexity index is 475. The molecule has 0 aliphatic heterocycles. The fraction of sp³-hybridized carbons (Fsp3) is 0.333. The average Bonchev–Trinajstić information content (AvgIpc) is 2.24. The Kier molecular flexibility index (Phi) is 4.25. The van der Waals surface area contributed by atoms with Gasteiger partial charge in [0.2, 0.25) is 0 Å². The molecule has 1 aromatic heterocycles. The number of esters is 1. The van der Waals surface area contributed by atoms with Gasteiger partial charge in [0.15, 0.2) is 0 Å². The number of carbonyl (C=O) groups is 1. The van der Waals surface area contributed by atoms with Gasteiger partial charge in [-0.1, -0.05) is 0 Å². The van der Waals surface area contributed by atoms with Gasteiger partial charge in [0, 0.05) is 0 Å². The van der Waals surface area contributed by atoms with E-state index in [4.69, 9.17) is 0 Å². The Morgan fingerprint density at radius 1 is 1.44 bits per heavy atom. The molecule has 0 radical (unpaired) electrons. The van der Waals surface area contributed by atoms with Crippen LogP contribution in [0.1, 0.15) is 28.0 Å². The van der Waals surface area contributed by atoms with E-state index in [9.17, 15) is 26.7 Å². The summed E-state index contributed by atoms with van der Waals surface area (Å²) in [6.07, 6.45) is -8.61. The lowest BCUT2D eigenvalue weighted by atomic mass is 10.1. The van der Waals surface area contributed by atoms with Gasteiger partial charge in [0.25, 0.3) is 6.43 Å². The highest BCUT2D eigenvalue weighted by Crippen LogP contribution is 2.38. The molecule has 0 saturated heterocycles. The smallest absolute Gasteiger partial charge is 0.419 e. The first-order valence-corrected chi connectivity index (χ1v) is 5.12. The van der Waals surface area contributed by atoms with Crippen molar-refractivity contribution in [2.24, 2.45) is 0 Å². The van der Waals surface area contributed by atoms with Crippen LogP contribution < -0.4 is 0 Å². The number of hydrogen-bond donors (Lipinski definition) is 0. The molecule has 0 N–H and O–H groups in total. The molecular formula is C9H5BrF5NO2. The second kappa shape index (κ2) is 5.17. The third kappa shape index (κ3) is 2.95. The highest BCUT2D eigenvalue weighted by molar-refractivity contribution is 9.10. The summed E-state index contributed by atoms with van der Waals surface area (Å²) in [5.41, 5.74) is -4.31. The minimum Gasteiger partial charge on any atom is -0.465 e. The van der Waals surface area contributed by atoms with Crippen molar-refractivity contribution in [2.75, 3.05) is 7.11 Å². The van der Waals surface area contributed by atoms with Crippen LogP contribution in [0.2, 0.25) is 0 Å². The normalized spacial score (nSPS) is 11.8. The molecule has 1 aromatic rings. The largest absolute Gasteiger partial charge is 0.465 e. The summed E-state index contributed by atoms with van der Waals surface area (Å²) in [5, 5.41) is 0. The molecule has 1 rings (SSSR count). The third-order valence-corrected chi connectivity index (χ3v) is 2.32. The number of halogens is 6. The van der Waals surface area contributed by atoms with Crippen molar-refractivity contribution in [3.63, 3.8) is 0 Å². The molecular weight excluding hydrogens is 329 g/mol. The standard InChI is InChI=1S/C9H5BrF5NO2/c1-18-8(17)3-2-4(10)16-6(7(11)12)5(3)9(13,14)15/h2,7H,1H3. The lowest BCUT2D eigenvalue weighted by Gasteiger charge is -2.15. The van der Waals surface area contributed by atoms with Gasteiger partial charge in [0.1, 0.15) is 10.3 Å². The number of alkyl halides is 5. The summed E-state index contributed by atoms with van der Waals surface area (Å²) in [7, 11) is 0.846. The van der Waals surface area contributed by atoms with Crippen LogP contribution in [0, 0.1) is 0 Å². The van der Waals surface area contributed by atoms with Crippen molar-refractivity contribution in [3.8, 4) is 0 Å². The van der Waals surface area contributed by atoms with E-state index in [2.05, 4.69) is 25.7 Å². The minimum atomic E-state index is -5.14. The van der Waals surface area contributed by atoms with Crippen LogP contribution in [0.5, 0.6) is 0 Å². The molecule has 0 fully saturated rings. The lowest BCUT2D eigenvalue weighted by molar-refractivity contribution is -0.140. The number of ether oxygens (including phenoxy) is 1. The fourth-order valence-corrected chi connectivity index (χ4v) is 1.68. The number of carbonyl (C=O) groups excluding carboxylic acids is 1. The molecule has 0 aromatic carbocycles. The zero-order valence-corrected chi connectivity index (χ0v) is 10.3. The van der Waals surface area contributed by atoms with Crippen molar-refractivity contribution in [1.29, 1.82) is 0 Å². The number of aromatic nitrogens is 1. The molecule has 100 valence electrons. The Balaban J connectivity index is 3.64. The second-order valence-electron chi connectivity index (χ2n) is 3.04. The molecule has 0 aliphatic carbocycles. The van der Waals surface area contributed by atoms with Gasteiger partial charge in [-0.25, -0.2) is 18.6 Å². The second-order valence-corrected chi connectivity index (χ2v) is 3.86. The molecule has 9 heteroatoms. The van der Waals surface area contributed by atoms with E-state index in [-0.39, 0.29) is 4.60 Å². The van der Waals surface area contributed by atoms with Crippen LogP contribution in [-0.2, 0) is 10.9 Å². The van der Waals surface area contributed by atoms with Crippen LogP contribution >= 0.6 is 15.9 Å². The van der Waals surface area contributed by atoms with E-state index < -0.39 is 35.4 Å². The van der Waals surface area contributed by atoms with E-state index in [0.717, 1.165) is 7.11 Å². The first-order valence-electron chi connectivity index (χ1n) is 4.32. The first-order chi connectivity index (χ1) is 8.18. The molecule has 0 spiro atoms. The van der Waals surface area contributed by atoms with Crippen molar-refractivity contribution >= 4 is 21.9 Å². The molecule has 0 amide bonds. The highest BCUT2D eigenvalue weighted by atomic mass is 79.9. The van der Waals surface area contributed by atoms with E-state index in [1.54, 1.807) is 0 Å². The summed E-state index contributed by atoms with van der Waals surface area (Å²) in [5.74, 6) is -1.37. The van der Waals surface area contributed by atoms with E-state index in [0.29, 0.717) is 6.07 Å². The van der Waals surface area contributed by atoms with Gasteiger partial charge in [-0.2, -0.15) is 13.2 Å². The maximum Gasteiger partial charge on any atom is 0.419 e. The predicted octanol–water partition coefficient (Wildman–Crippen LogP) is 3.59. The van der Waals surface area contributed by atoms with Crippen LogP contribution in [0.3, 0.4) is 0 Å². The van der Waals surface area contributed by atoms with E-state index in [1.807, 2.05) is 0 Å². The Hall–Kier alpha value is -1.25. The Labute approximate surface area is 106 Å². The summed E-state index contributed by atoms with van der Waals surface area (Å²) in [6, 6.07) is 0.681. The van der Waals surface area contributed by atoms with Crippen molar-refractivity contribution in [3.05, 3.63) is 27.5 Å². The van der Waals surface area contributed by atoms with Crippen LogP contribution in [-0.4, -0.2) is 18.1 Å². The van der Waals surface area contributed by atoms with Gasteiger partial charge in [0.05, 0.1) is 18.2 Å². The SMILES string of the molecule is COC(=O)c1cc(Br)nc(C(F)F)c1C(F)(F)F. The van der Waals surface area contributed by atoms with Gasteiger partial charge >= 0.3 is 12.1 Å². The molecule has 18 heavy (non-hydrogen) atoms. The first kappa shape index (κ1) is 14.8. The van der Waals surface area contributed by atoms with Gasteiger partial charge < -0.3 is 4.74 Å². The van der Waals surface area contributed by atoms with E-state index >= 15 is 0 Å². The van der Waals surface area contributed by atoms with E-state index in [1.165, 1.54) is 0 Å². The molecule has 3 nitrogen and oxygen atoms in total. The van der Waals surface area contributed by atoms with Crippen LogP contribution in [0.25, 0.3) is 0 Å². The number of rotatable bonds is 2. The van der Waals surface area contributed by atoms with Crippen LogP contribution in [0.4, 0.5) is 22.0 Å². The Morgan fingerprint density at radius 3 is 2.39 bits per heavy atom. The average molecular weight is 334 g/mol. The number of pyridine rings is 1. The quantitative estimate of drug-likeness (QED) is 0.471. The summed E-state index contributed by atoms with van der Waals surface area (Å²) in [6.45, 7) is 0. The molecule has 0 unspecified atom stereocenters. The van der Waals surface area contributed by atoms with Crippen molar-refractivity contribution in [1.82, 2.24) is 4.98 Å². The molecule has 0 aliphatic rings. The number of methoxy groups -OCH3 is 1. The molecule has 0 atom stereocenters. The zero-order valence-electron chi connectivity index (χ0n) is 8.69. The maximum absolute atomic E-state index is 12.7. The monoisotopic (exact) mass is 333 g/mol. The van der Waals surface area contributed by atoms with Gasteiger partial charge in [-0.15, -0.1) is 0 Å².